The number of ether oxygens (including phenoxy) is 1. The van der Waals surface area contributed by atoms with Gasteiger partial charge in [0.15, 0.2) is 5.96 Å². The van der Waals surface area contributed by atoms with Gasteiger partial charge in [0.05, 0.1) is 13.1 Å². The first-order valence-electron chi connectivity index (χ1n) is 8.03. The third-order valence-electron chi connectivity index (χ3n) is 3.29. The molecule has 0 unspecified atom stereocenters. The maximum absolute atomic E-state index is 5.78. The Morgan fingerprint density at radius 3 is 2.40 bits per heavy atom. The fraction of sp³-hybridized carbons (Fsp3) is 0.250. The van der Waals surface area contributed by atoms with Crippen LogP contribution < -0.4 is 15.4 Å². The van der Waals surface area contributed by atoms with Gasteiger partial charge in [0, 0.05) is 6.54 Å². The lowest BCUT2D eigenvalue weighted by atomic mass is 10.2. The van der Waals surface area contributed by atoms with Gasteiger partial charge in [-0.3, -0.25) is 0 Å². The standard InChI is InChI=1S/C20H23N3O.HI/c1-3-14-22-20(21-4-2)23-15-17-10-12-19(13-11-17)24-16-18-8-6-5-7-9-18;/h1,5-13H,4,14-16H2,2H3,(H2,21,22,23);1H. The Morgan fingerprint density at radius 1 is 1.04 bits per heavy atom. The number of guanidine groups is 1. The Hall–Kier alpha value is -2.20. The highest BCUT2D eigenvalue weighted by Crippen LogP contribution is 2.14. The summed E-state index contributed by atoms with van der Waals surface area (Å²) >= 11 is 0. The fourth-order valence-electron chi connectivity index (χ4n) is 2.08. The van der Waals surface area contributed by atoms with E-state index in [2.05, 4.69) is 33.7 Å². The molecule has 0 heterocycles. The summed E-state index contributed by atoms with van der Waals surface area (Å²) in [6.07, 6.45) is 5.26. The molecule has 0 aliphatic carbocycles. The highest BCUT2D eigenvalue weighted by atomic mass is 127. The molecule has 0 aromatic heterocycles. The first-order chi connectivity index (χ1) is 11.8. The molecule has 0 saturated heterocycles. The predicted molar refractivity (Wildman–Crippen MR) is 114 cm³/mol. The molecule has 0 radical (unpaired) electrons. The topological polar surface area (TPSA) is 45.7 Å². The van der Waals surface area contributed by atoms with E-state index in [4.69, 9.17) is 11.2 Å². The van der Waals surface area contributed by atoms with Crippen molar-refractivity contribution in [3.8, 4) is 18.1 Å². The smallest absolute Gasteiger partial charge is 0.192 e. The van der Waals surface area contributed by atoms with Crippen molar-refractivity contribution in [2.45, 2.75) is 20.1 Å². The molecule has 2 N–H and O–H groups in total. The van der Waals surface area contributed by atoms with E-state index in [-0.39, 0.29) is 24.0 Å². The monoisotopic (exact) mass is 449 g/mol. The Balaban J connectivity index is 0.00000312. The summed E-state index contributed by atoms with van der Waals surface area (Å²) in [7, 11) is 0. The SMILES string of the molecule is C#CCNC(=NCc1ccc(OCc2ccccc2)cc1)NCC.I. The van der Waals surface area contributed by atoms with Gasteiger partial charge in [0.25, 0.3) is 0 Å². The summed E-state index contributed by atoms with van der Waals surface area (Å²) in [6, 6.07) is 18.1. The number of aliphatic imine (C=N–C) groups is 1. The minimum Gasteiger partial charge on any atom is -0.489 e. The number of terminal acetylenes is 1. The third kappa shape index (κ3) is 7.94. The molecule has 5 heteroatoms. The minimum absolute atomic E-state index is 0. The third-order valence-corrected chi connectivity index (χ3v) is 3.29. The van der Waals surface area contributed by atoms with Crippen LogP contribution in [0.15, 0.2) is 59.6 Å². The quantitative estimate of drug-likeness (QED) is 0.294. The Morgan fingerprint density at radius 2 is 1.76 bits per heavy atom. The van der Waals surface area contributed by atoms with Crippen LogP contribution in [0.3, 0.4) is 0 Å². The molecule has 0 aliphatic heterocycles. The molecule has 0 atom stereocenters. The van der Waals surface area contributed by atoms with Crippen molar-refractivity contribution in [3.05, 3.63) is 65.7 Å². The number of hydrogen-bond acceptors (Lipinski definition) is 2. The molecule has 0 bridgehead atoms. The van der Waals surface area contributed by atoms with Crippen LogP contribution in [0.1, 0.15) is 18.1 Å². The maximum Gasteiger partial charge on any atom is 0.192 e. The Kier molecular flexibility index (Phi) is 10.2. The van der Waals surface area contributed by atoms with Gasteiger partial charge in [0.1, 0.15) is 12.4 Å². The average Bonchev–Trinajstić information content (AvgIpc) is 2.64. The van der Waals surface area contributed by atoms with Gasteiger partial charge in [-0.2, -0.15) is 0 Å². The summed E-state index contributed by atoms with van der Waals surface area (Å²) < 4.78 is 5.78. The molecule has 2 aromatic carbocycles. The van der Waals surface area contributed by atoms with Crippen molar-refractivity contribution in [1.29, 1.82) is 0 Å². The molecular weight excluding hydrogens is 425 g/mol. The molecular formula is C20H24IN3O. The van der Waals surface area contributed by atoms with Crippen LogP contribution in [-0.2, 0) is 13.2 Å². The molecule has 2 rings (SSSR count). The second kappa shape index (κ2) is 12.2. The normalized spacial score (nSPS) is 10.3. The molecule has 132 valence electrons. The van der Waals surface area contributed by atoms with Gasteiger partial charge in [-0.25, -0.2) is 4.99 Å². The van der Waals surface area contributed by atoms with E-state index < -0.39 is 0 Å². The zero-order valence-electron chi connectivity index (χ0n) is 14.4. The van der Waals surface area contributed by atoms with E-state index in [1.807, 2.05) is 49.4 Å². The lowest BCUT2D eigenvalue weighted by molar-refractivity contribution is 0.306. The Bertz CT molecular complexity index is 678. The lowest BCUT2D eigenvalue weighted by Crippen LogP contribution is -2.37. The zero-order valence-corrected chi connectivity index (χ0v) is 16.7. The molecule has 0 spiro atoms. The molecule has 2 aromatic rings. The van der Waals surface area contributed by atoms with Crippen LogP contribution in [0, 0.1) is 12.3 Å². The number of nitrogens with one attached hydrogen (secondary N) is 2. The summed E-state index contributed by atoms with van der Waals surface area (Å²) in [5.74, 6) is 4.11. The summed E-state index contributed by atoms with van der Waals surface area (Å²) in [5.41, 5.74) is 2.26. The summed E-state index contributed by atoms with van der Waals surface area (Å²) in [6.45, 7) is 4.42. The van der Waals surface area contributed by atoms with Crippen LogP contribution in [0.2, 0.25) is 0 Å². The first kappa shape index (κ1) is 20.8. The number of halogens is 1. The van der Waals surface area contributed by atoms with Crippen LogP contribution in [0.25, 0.3) is 0 Å². The lowest BCUT2D eigenvalue weighted by Gasteiger charge is -2.09. The number of hydrogen-bond donors (Lipinski definition) is 2. The molecule has 0 amide bonds. The van der Waals surface area contributed by atoms with E-state index in [0.29, 0.717) is 19.7 Å². The van der Waals surface area contributed by atoms with Gasteiger partial charge in [-0.15, -0.1) is 30.4 Å². The van der Waals surface area contributed by atoms with E-state index >= 15 is 0 Å². The van der Waals surface area contributed by atoms with E-state index in [1.54, 1.807) is 0 Å². The molecule has 25 heavy (non-hydrogen) atoms. The van der Waals surface area contributed by atoms with Gasteiger partial charge in [0.2, 0.25) is 0 Å². The van der Waals surface area contributed by atoms with Crippen molar-refractivity contribution in [2.75, 3.05) is 13.1 Å². The second-order valence-corrected chi connectivity index (χ2v) is 5.17. The van der Waals surface area contributed by atoms with Crippen LogP contribution in [0.4, 0.5) is 0 Å². The first-order valence-corrected chi connectivity index (χ1v) is 8.03. The number of benzene rings is 2. The van der Waals surface area contributed by atoms with Gasteiger partial charge >= 0.3 is 0 Å². The highest BCUT2D eigenvalue weighted by Gasteiger charge is 1.98. The van der Waals surface area contributed by atoms with E-state index in [9.17, 15) is 0 Å². The largest absolute Gasteiger partial charge is 0.489 e. The summed E-state index contributed by atoms with van der Waals surface area (Å²) in [4.78, 5) is 4.50. The zero-order chi connectivity index (χ0) is 17.0. The molecule has 4 nitrogen and oxygen atoms in total. The van der Waals surface area contributed by atoms with Gasteiger partial charge in [-0.1, -0.05) is 48.4 Å². The minimum atomic E-state index is 0. The van der Waals surface area contributed by atoms with Crippen LogP contribution >= 0.6 is 24.0 Å². The maximum atomic E-state index is 5.78. The van der Waals surface area contributed by atoms with Gasteiger partial charge in [-0.05, 0) is 30.2 Å². The van der Waals surface area contributed by atoms with Crippen molar-refractivity contribution in [1.82, 2.24) is 10.6 Å². The van der Waals surface area contributed by atoms with Crippen molar-refractivity contribution in [3.63, 3.8) is 0 Å². The molecule has 0 aliphatic rings. The predicted octanol–water partition coefficient (Wildman–Crippen LogP) is 3.57. The van der Waals surface area contributed by atoms with E-state index in [0.717, 1.165) is 29.4 Å². The van der Waals surface area contributed by atoms with Crippen LogP contribution in [0.5, 0.6) is 5.75 Å². The van der Waals surface area contributed by atoms with E-state index in [1.165, 1.54) is 0 Å². The summed E-state index contributed by atoms with van der Waals surface area (Å²) in [5, 5.41) is 6.22. The van der Waals surface area contributed by atoms with Gasteiger partial charge < -0.3 is 15.4 Å². The second-order valence-electron chi connectivity index (χ2n) is 5.17. The van der Waals surface area contributed by atoms with Crippen molar-refractivity contribution < 1.29 is 4.74 Å². The van der Waals surface area contributed by atoms with Crippen molar-refractivity contribution in [2.24, 2.45) is 4.99 Å². The molecule has 0 saturated carbocycles. The highest BCUT2D eigenvalue weighted by molar-refractivity contribution is 14.0. The number of rotatable bonds is 7. The Labute approximate surface area is 167 Å². The number of nitrogens with zero attached hydrogens (tertiary/aromatic N) is 1. The molecule has 0 fully saturated rings. The van der Waals surface area contributed by atoms with Crippen LogP contribution in [-0.4, -0.2) is 19.0 Å². The van der Waals surface area contributed by atoms with Crippen molar-refractivity contribution >= 4 is 29.9 Å². The average molecular weight is 449 g/mol. The fourth-order valence-corrected chi connectivity index (χ4v) is 2.08.